The number of fused-ring (bicyclic) bond motifs is 2. The van der Waals surface area contributed by atoms with Crippen LogP contribution in [0.15, 0.2) is 130 Å². The zero-order chi connectivity index (χ0) is 74.4. The second kappa shape index (κ2) is 39.3. The van der Waals surface area contributed by atoms with Gasteiger partial charge in [0.25, 0.3) is 0 Å². The van der Waals surface area contributed by atoms with E-state index in [2.05, 4.69) is 52.6 Å². The van der Waals surface area contributed by atoms with Crippen LogP contribution in [-0.2, 0) is 37.9 Å². The molecule has 7 aromatic carbocycles. The molecule has 1 N–H and O–H groups in total. The van der Waals surface area contributed by atoms with Crippen molar-refractivity contribution in [3.8, 4) is 45.3 Å². The summed E-state index contributed by atoms with van der Waals surface area (Å²) in [4.78, 5) is 50.6. The molecule has 0 amide bonds. The van der Waals surface area contributed by atoms with Crippen LogP contribution < -0.4 is 18.9 Å². The second-order valence-corrected chi connectivity index (χ2v) is 26.4. The van der Waals surface area contributed by atoms with Gasteiger partial charge in [-0.25, -0.2) is 54.3 Å². The molecule has 1 radical (unpaired) electrons. The quantitative estimate of drug-likeness (QED) is 0.0146. The van der Waals surface area contributed by atoms with Crippen molar-refractivity contribution in [1.82, 2.24) is 0 Å². The summed E-state index contributed by atoms with van der Waals surface area (Å²) in [5.41, 5.74) is -2.05. The van der Waals surface area contributed by atoms with Gasteiger partial charge in [-0.2, -0.15) is 0 Å². The van der Waals surface area contributed by atoms with Crippen LogP contribution in [0.3, 0.4) is 0 Å². The largest absolute Gasteiger partial charge is 0.569 e. The normalized spacial score (nSPS) is 19.1. The molecule has 104 heavy (non-hydrogen) atoms. The molecule has 4 aliphatic rings. The molecule has 0 bridgehead atoms. The van der Waals surface area contributed by atoms with Gasteiger partial charge in [0.1, 0.15) is 116 Å². The topological polar surface area (TPSA) is 199 Å². The Morgan fingerprint density at radius 3 is 0.856 bits per heavy atom. The van der Waals surface area contributed by atoms with E-state index >= 15 is 17.6 Å². The number of carbonyl (C=O) groups is 4. The van der Waals surface area contributed by atoms with E-state index < -0.39 is 142 Å². The number of unbranched alkanes of at least 4 members (excludes halogenated alkanes) is 9. The van der Waals surface area contributed by atoms with Crippen molar-refractivity contribution in [2.75, 3.05) is 46.2 Å². The molecule has 0 aromatic heterocycles. The number of hydrogen-bond acceptors (Lipinski definition) is 17. The van der Waals surface area contributed by atoms with E-state index in [0.717, 1.165) is 119 Å². The third-order valence-electron chi connectivity index (χ3n) is 17.1. The lowest BCUT2D eigenvalue weighted by Gasteiger charge is -2.18. The van der Waals surface area contributed by atoms with Crippen molar-refractivity contribution in [2.45, 2.75) is 147 Å². The Morgan fingerprint density at radius 1 is 0.365 bits per heavy atom. The molecule has 8 atom stereocenters. The van der Waals surface area contributed by atoms with Crippen LogP contribution >= 0.6 is 31.9 Å². The maximum Gasteiger partial charge on any atom is 0.569 e. The Bertz CT molecular complexity index is 3710. The predicted octanol–water partition coefficient (Wildman–Crippen LogP) is 16.9. The maximum atomic E-state index is 15.2. The molecule has 0 unspecified atom stereocenters. The van der Waals surface area contributed by atoms with Crippen LogP contribution in [0.5, 0.6) is 23.0 Å². The summed E-state index contributed by atoms with van der Waals surface area (Å²) in [6, 6.07) is 28.6. The molecule has 4 heterocycles. The molecule has 4 aliphatic heterocycles. The van der Waals surface area contributed by atoms with E-state index in [0.29, 0.717) is 49.3 Å². The highest BCUT2D eigenvalue weighted by Crippen LogP contribution is 2.37. The van der Waals surface area contributed by atoms with Gasteiger partial charge < -0.3 is 61.8 Å². The van der Waals surface area contributed by atoms with Crippen LogP contribution in [-0.4, -0.2) is 132 Å². The number of hydrogen-bond donors (Lipinski definition) is 1. The molecule has 555 valence electrons. The average Bonchev–Trinajstić information content (AvgIpc) is 1.64. The predicted molar refractivity (Wildman–Crippen MR) is 371 cm³/mol. The molecule has 4 fully saturated rings. The van der Waals surface area contributed by atoms with Crippen LogP contribution in [0.4, 0.5) is 35.1 Å². The zero-order valence-corrected chi connectivity index (χ0v) is 60.1. The van der Waals surface area contributed by atoms with Gasteiger partial charge >= 0.3 is 31.6 Å². The van der Waals surface area contributed by atoms with Gasteiger partial charge in [-0.3, -0.25) is 0 Å². The van der Waals surface area contributed by atoms with E-state index in [-0.39, 0.29) is 46.5 Å². The molecular formula is C76H76BBr2F8O17. The number of ether oxygens (including phenoxy) is 11. The van der Waals surface area contributed by atoms with E-state index in [1.54, 1.807) is 60.7 Å². The third kappa shape index (κ3) is 21.5. The van der Waals surface area contributed by atoms with Gasteiger partial charge in [0.05, 0.1) is 46.2 Å². The summed E-state index contributed by atoms with van der Waals surface area (Å²) < 4.78 is 182. The summed E-state index contributed by atoms with van der Waals surface area (Å²) >= 11 is 5.83. The highest BCUT2D eigenvalue weighted by Gasteiger charge is 2.53. The Kier molecular flexibility index (Phi) is 30.2. The van der Waals surface area contributed by atoms with E-state index in [1.807, 2.05) is 12.1 Å². The number of halogens is 10. The van der Waals surface area contributed by atoms with Gasteiger partial charge in [-0.1, -0.05) is 135 Å². The highest BCUT2D eigenvalue weighted by atomic mass is 79.9. The minimum Gasteiger partial charge on any atom is -0.537 e. The highest BCUT2D eigenvalue weighted by molar-refractivity contribution is 9.10. The number of benzene rings is 7. The Labute approximate surface area is 613 Å². The van der Waals surface area contributed by atoms with Crippen molar-refractivity contribution in [1.29, 1.82) is 0 Å². The minimum absolute atomic E-state index is 0.107. The molecule has 4 saturated heterocycles. The molecule has 11 rings (SSSR count). The van der Waals surface area contributed by atoms with Gasteiger partial charge in [0.2, 0.25) is 0 Å². The first-order valence-corrected chi connectivity index (χ1v) is 35.7. The smallest absolute Gasteiger partial charge is 0.537 e. The first-order chi connectivity index (χ1) is 50.2. The first kappa shape index (κ1) is 80.0. The molecule has 0 saturated carbocycles. The summed E-state index contributed by atoms with van der Waals surface area (Å²) in [7, 11) is 0.667. The number of carbonyl (C=O) groups excluding carboxylic acids is 4. The standard InChI is InChI=1S/C44H46F4O8.C20H12Br2F4O6.C12H18BO3/c1-3-5-7-9-19-51-31-15-11-27(12-16-31)29-21-33(45)39(34(46)22-29)43(49)55-37-25-53-42-38(26-54-41(37)42)56-44(50)40-35(47)23-30(24-36(40)48)28-13-17-32(18-14-28)52-20-10-8-6-4-2;21-7-1-9(23)15(10(24)2-7)19(27)31-13-5-29-18-14(6-30-17(13)18)32-20(28)16-11(25)3-8(22)4-12(16)26;1-2-3-4-5-10-15-11-6-8-12(9-7-11)16-13-14/h11-18,21-24,37-38,41-42H,3-10,19-20,25-26H2,1-2H3;1-4,13-14,17-18H,5-6H2;6-9,14H,2-5,10H2,1H3/t37-,38+,41-,42-;13-,14+,17-,18-;/m00./s1. The zero-order valence-electron chi connectivity index (χ0n) is 56.9. The van der Waals surface area contributed by atoms with Gasteiger partial charge in [0.15, 0.2) is 24.4 Å². The SMILES string of the molecule is CCCCCCOc1ccc(-c2cc(F)c(C(=O)O[C@H]3CO[C@@H]4[C@H]3OC[C@H]4OC(=O)c3c(F)cc(-c4ccc(OCCCCCC)cc4)cc3F)c(F)c2)cc1.CCCCCCOc1ccc(O[B]O)cc1.O=C(O[C@H]1CO[C@@H]2[C@H]1OC[C@H]2OC(=O)c1c(F)cc(Br)cc1F)c1c(F)cc(Br)cc1F. The maximum absolute atomic E-state index is 15.2. The molecule has 7 aromatic rings. The Balaban J connectivity index is 0.000000217. The number of esters is 4. The second-order valence-electron chi connectivity index (χ2n) is 24.6. The fraction of sp³-hybridized carbons (Fsp3) is 0.395. The van der Waals surface area contributed by atoms with Crippen LogP contribution in [0.2, 0.25) is 0 Å². The molecular weight excluding hydrogens is 1510 g/mol. The third-order valence-corrected chi connectivity index (χ3v) is 18.0. The number of rotatable bonds is 30. The average molecular weight is 1580 g/mol. The Morgan fingerprint density at radius 2 is 0.606 bits per heavy atom. The molecule has 0 aliphatic carbocycles. The lowest BCUT2D eigenvalue weighted by Crippen LogP contribution is -2.36. The van der Waals surface area contributed by atoms with Gasteiger partial charge in [0, 0.05) is 8.95 Å². The summed E-state index contributed by atoms with van der Waals surface area (Å²) in [5, 5.41) is 8.43. The van der Waals surface area contributed by atoms with Crippen LogP contribution in [0, 0.1) is 46.5 Å². The van der Waals surface area contributed by atoms with Gasteiger partial charge in [-0.15, -0.1) is 0 Å². The van der Waals surface area contributed by atoms with Crippen molar-refractivity contribution >= 4 is 63.4 Å². The molecule has 0 spiro atoms. The van der Waals surface area contributed by atoms with Crippen molar-refractivity contribution in [3.63, 3.8) is 0 Å². The monoisotopic (exact) mass is 1580 g/mol. The molecule has 17 nitrogen and oxygen atoms in total. The van der Waals surface area contributed by atoms with Crippen molar-refractivity contribution in [2.24, 2.45) is 0 Å². The minimum atomic E-state index is -1.27. The van der Waals surface area contributed by atoms with E-state index in [9.17, 15) is 36.7 Å². The lowest BCUT2D eigenvalue weighted by molar-refractivity contribution is -0.0299. The van der Waals surface area contributed by atoms with E-state index in [4.69, 9.17) is 61.8 Å². The van der Waals surface area contributed by atoms with Crippen LogP contribution in [0.25, 0.3) is 22.3 Å². The van der Waals surface area contributed by atoms with Crippen LogP contribution in [0.1, 0.15) is 139 Å². The summed E-state index contributed by atoms with van der Waals surface area (Å²) in [5.74, 6) is -11.3. The van der Waals surface area contributed by atoms with Crippen molar-refractivity contribution < 1.29 is 116 Å². The summed E-state index contributed by atoms with van der Waals surface area (Å²) in [6.45, 7) is 7.50. The lowest BCUT2D eigenvalue weighted by atomic mass is 10.0. The summed E-state index contributed by atoms with van der Waals surface area (Å²) in [6.07, 6.45) is 5.35. The first-order valence-electron chi connectivity index (χ1n) is 34.1. The van der Waals surface area contributed by atoms with Gasteiger partial charge in [-0.05, 0) is 139 Å². The Hall–Kier alpha value is -8.12. The van der Waals surface area contributed by atoms with Crippen molar-refractivity contribution in [3.05, 3.63) is 199 Å². The fourth-order valence-corrected chi connectivity index (χ4v) is 12.5. The van der Waals surface area contributed by atoms with E-state index in [1.165, 1.54) is 19.3 Å². The fourth-order valence-electron chi connectivity index (χ4n) is 11.7. The molecule has 28 heteroatoms.